The molecule has 0 aliphatic rings. The van der Waals surface area contributed by atoms with Gasteiger partial charge < -0.3 is 25.4 Å². The standard InChI is InChI=1S/C29H30B2N3O5/c1-21(2)29(35)32-15-24-12-26(20-34(18-24)17-23-7-4-10-28(14-23)31(38)39)25-8-5-11-33(19-25)16-22-6-3-9-27(13-22)30(36)37/h3-14,18-20,36-39H,1,15-17H2,2H3/q+1/p+1. The molecule has 39 heavy (non-hydrogen) atoms. The first-order valence-corrected chi connectivity index (χ1v) is 12.5. The van der Waals surface area contributed by atoms with Crippen molar-refractivity contribution >= 4 is 31.1 Å². The molecule has 5 N–H and O–H groups in total. The quantitative estimate of drug-likeness (QED) is 0.110. The molecule has 2 aromatic carbocycles. The first-order valence-electron chi connectivity index (χ1n) is 12.5. The van der Waals surface area contributed by atoms with E-state index in [2.05, 4.69) is 11.9 Å². The second-order valence-corrected chi connectivity index (χ2v) is 9.57. The van der Waals surface area contributed by atoms with Gasteiger partial charge in [0.1, 0.15) is 0 Å². The van der Waals surface area contributed by atoms with Crippen molar-refractivity contribution in [2.75, 3.05) is 0 Å². The lowest BCUT2D eigenvalue weighted by molar-refractivity contribution is -0.689. The molecule has 4 aromatic rings. The smallest absolute Gasteiger partial charge is 0.423 e. The maximum atomic E-state index is 12.1. The number of pyridine rings is 2. The molecule has 2 heterocycles. The number of nitrogens with one attached hydrogen (secondary N) is 1. The van der Waals surface area contributed by atoms with Gasteiger partial charge in [-0.2, -0.15) is 4.57 Å². The van der Waals surface area contributed by atoms with Gasteiger partial charge in [0.05, 0.1) is 11.1 Å². The van der Waals surface area contributed by atoms with Crippen molar-refractivity contribution in [3.63, 3.8) is 0 Å². The lowest BCUT2D eigenvalue weighted by Crippen LogP contribution is -2.37. The molecule has 0 aliphatic carbocycles. The van der Waals surface area contributed by atoms with Crippen LogP contribution in [0.4, 0.5) is 0 Å². The highest BCUT2D eigenvalue weighted by Gasteiger charge is 2.17. The third-order valence-electron chi connectivity index (χ3n) is 6.24. The van der Waals surface area contributed by atoms with E-state index in [1.165, 1.54) is 0 Å². The molecule has 2 aromatic heterocycles. The SMILES string of the molecule is C=C(C)C(=O)NCc1cc(-c2ccc[n+](Cc3cccc(B(O)O)c3)c2)c[n+](Cc2cccc(B(O)O)c2)c1. The van der Waals surface area contributed by atoms with E-state index in [9.17, 15) is 24.9 Å². The van der Waals surface area contributed by atoms with E-state index in [0.717, 1.165) is 27.8 Å². The minimum absolute atomic E-state index is 0.218. The number of hydrogen-bond acceptors (Lipinski definition) is 5. The van der Waals surface area contributed by atoms with Crippen LogP contribution in [0, 0.1) is 0 Å². The second-order valence-electron chi connectivity index (χ2n) is 9.57. The van der Waals surface area contributed by atoms with Crippen LogP contribution in [0.1, 0.15) is 23.6 Å². The summed E-state index contributed by atoms with van der Waals surface area (Å²) in [4.78, 5) is 12.1. The fraction of sp³-hybridized carbons (Fsp3) is 0.138. The van der Waals surface area contributed by atoms with Crippen LogP contribution in [-0.2, 0) is 24.4 Å². The Labute approximate surface area is 228 Å². The summed E-state index contributed by atoms with van der Waals surface area (Å²) in [5.41, 5.74) is 5.89. The molecule has 8 nitrogen and oxygen atoms in total. The largest absolute Gasteiger partial charge is 0.488 e. The Morgan fingerprint density at radius 2 is 1.36 bits per heavy atom. The van der Waals surface area contributed by atoms with E-state index in [1.54, 1.807) is 43.3 Å². The molecule has 0 saturated heterocycles. The molecular formula is C29H31B2N3O5+2. The van der Waals surface area contributed by atoms with Crippen LogP contribution < -0.4 is 25.4 Å². The highest BCUT2D eigenvalue weighted by molar-refractivity contribution is 6.58. The van der Waals surface area contributed by atoms with Gasteiger partial charge in [0.15, 0.2) is 37.9 Å². The van der Waals surface area contributed by atoms with Gasteiger partial charge in [-0.1, -0.05) is 55.1 Å². The van der Waals surface area contributed by atoms with Crippen LogP contribution in [0.3, 0.4) is 0 Å². The van der Waals surface area contributed by atoms with Crippen molar-refractivity contribution in [2.24, 2.45) is 0 Å². The minimum Gasteiger partial charge on any atom is -0.423 e. The van der Waals surface area contributed by atoms with Crippen molar-refractivity contribution in [2.45, 2.75) is 26.6 Å². The molecule has 0 aliphatic heterocycles. The summed E-state index contributed by atoms with van der Waals surface area (Å²) in [5.74, 6) is -0.218. The normalized spacial score (nSPS) is 10.7. The van der Waals surface area contributed by atoms with Gasteiger partial charge in [-0.3, -0.25) is 4.79 Å². The fourth-order valence-electron chi connectivity index (χ4n) is 4.30. The van der Waals surface area contributed by atoms with Crippen molar-refractivity contribution in [1.29, 1.82) is 0 Å². The maximum Gasteiger partial charge on any atom is 0.488 e. The molecule has 0 fully saturated rings. The third-order valence-corrected chi connectivity index (χ3v) is 6.24. The number of carbonyl (C=O) groups is 1. The molecular weight excluding hydrogens is 492 g/mol. The summed E-state index contributed by atoms with van der Waals surface area (Å²) in [5, 5.41) is 41.0. The third kappa shape index (κ3) is 7.72. The van der Waals surface area contributed by atoms with Crippen LogP contribution in [0.2, 0.25) is 0 Å². The lowest BCUT2D eigenvalue weighted by atomic mass is 9.79. The molecule has 0 spiro atoms. The molecule has 4 rings (SSSR count). The van der Waals surface area contributed by atoms with Crippen molar-refractivity contribution in [3.8, 4) is 11.1 Å². The average Bonchev–Trinajstić information content (AvgIpc) is 2.92. The highest BCUT2D eigenvalue weighted by Crippen LogP contribution is 2.18. The van der Waals surface area contributed by atoms with Gasteiger partial charge >= 0.3 is 14.2 Å². The lowest BCUT2D eigenvalue weighted by Gasteiger charge is -2.09. The van der Waals surface area contributed by atoms with E-state index in [1.807, 2.05) is 64.3 Å². The molecule has 196 valence electrons. The number of rotatable bonds is 10. The van der Waals surface area contributed by atoms with E-state index < -0.39 is 14.2 Å². The van der Waals surface area contributed by atoms with E-state index in [4.69, 9.17) is 0 Å². The van der Waals surface area contributed by atoms with Crippen LogP contribution >= 0.6 is 0 Å². The van der Waals surface area contributed by atoms with E-state index in [0.29, 0.717) is 36.1 Å². The average molecular weight is 523 g/mol. The Kier molecular flexibility index (Phi) is 9.06. The van der Waals surface area contributed by atoms with Gasteiger partial charge in [0.25, 0.3) is 0 Å². The van der Waals surface area contributed by atoms with Crippen LogP contribution in [0.25, 0.3) is 11.1 Å². The number of amides is 1. The minimum atomic E-state index is -1.55. The second kappa shape index (κ2) is 12.6. The molecule has 0 bridgehead atoms. The van der Waals surface area contributed by atoms with Crippen molar-refractivity contribution in [1.82, 2.24) is 5.32 Å². The Balaban J connectivity index is 1.66. The number of hydrogen-bond donors (Lipinski definition) is 5. The monoisotopic (exact) mass is 523 g/mol. The van der Waals surface area contributed by atoms with Gasteiger partial charge in [0.2, 0.25) is 5.91 Å². The number of benzene rings is 2. The van der Waals surface area contributed by atoms with Crippen molar-refractivity contribution in [3.05, 3.63) is 120 Å². The van der Waals surface area contributed by atoms with Crippen LogP contribution in [0.5, 0.6) is 0 Å². The Bertz CT molecular complexity index is 1490. The van der Waals surface area contributed by atoms with E-state index >= 15 is 0 Å². The maximum absolute atomic E-state index is 12.1. The first kappa shape index (κ1) is 27.9. The zero-order valence-electron chi connectivity index (χ0n) is 21.7. The summed E-state index contributed by atoms with van der Waals surface area (Å²) in [6.45, 7) is 6.70. The topological polar surface area (TPSA) is 118 Å². The first-order chi connectivity index (χ1) is 18.7. The Morgan fingerprint density at radius 3 is 1.95 bits per heavy atom. The predicted octanol–water partition coefficient (Wildman–Crippen LogP) is -0.423. The Morgan fingerprint density at radius 1 is 0.769 bits per heavy atom. The van der Waals surface area contributed by atoms with Gasteiger partial charge in [0, 0.05) is 34.9 Å². The summed E-state index contributed by atoms with van der Waals surface area (Å²) in [6.07, 6.45) is 7.92. The van der Waals surface area contributed by atoms with Gasteiger partial charge in [-0.25, -0.2) is 4.57 Å². The number of nitrogens with zero attached hydrogens (tertiary/aromatic N) is 2. The summed E-state index contributed by atoms with van der Waals surface area (Å²) in [7, 11) is -3.07. The highest BCUT2D eigenvalue weighted by atomic mass is 16.4. The number of aromatic nitrogens is 2. The zero-order chi connectivity index (χ0) is 27.9. The molecule has 0 unspecified atom stereocenters. The predicted molar refractivity (Wildman–Crippen MR) is 150 cm³/mol. The molecule has 0 saturated carbocycles. The van der Waals surface area contributed by atoms with E-state index in [-0.39, 0.29) is 5.91 Å². The molecule has 1 amide bonds. The van der Waals surface area contributed by atoms with Gasteiger partial charge in [-0.05, 0) is 30.0 Å². The summed E-state index contributed by atoms with van der Waals surface area (Å²) < 4.78 is 4.02. The Hall–Kier alpha value is -4.08. The zero-order valence-corrected chi connectivity index (χ0v) is 21.7. The fourth-order valence-corrected chi connectivity index (χ4v) is 4.30. The van der Waals surface area contributed by atoms with Gasteiger partial charge in [-0.15, -0.1) is 0 Å². The molecule has 0 radical (unpaired) electrons. The summed E-state index contributed by atoms with van der Waals surface area (Å²) >= 11 is 0. The molecule has 0 atom stereocenters. The molecule has 10 heteroatoms. The van der Waals surface area contributed by atoms with Crippen LogP contribution in [-0.4, -0.2) is 40.2 Å². The number of carbonyl (C=O) groups excluding carboxylic acids is 1. The van der Waals surface area contributed by atoms with Crippen molar-refractivity contribution < 1.29 is 34.0 Å². The van der Waals surface area contributed by atoms with Crippen LogP contribution in [0.15, 0.2) is 104 Å². The summed E-state index contributed by atoms with van der Waals surface area (Å²) in [6, 6.07) is 20.3.